The first kappa shape index (κ1) is 27.6. The van der Waals surface area contributed by atoms with Gasteiger partial charge in [0.05, 0.1) is 6.10 Å². The Kier molecular flexibility index (Phi) is 9.92. The van der Waals surface area contributed by atoms with Gasteiger partial charge in [-0.15, -0.1) is 13.2 Å². The van der Waals surface area contributed by atoms with Crippen LogP contribution < -0.4 is 9.47 Å². The van der Waals surface area contributed by atoms with E-state index in [1.807, 2.05) is 0 Å². The second kappa shape index (κ2) is 12.2. The van der Waals surface area contributed by atoms with Crippen LogP contribution in [0.1, 0.15) is 17.5 Å². The summed E-state index contributed by atoms with van der Waals surface area (Å²) >= 11 is 0. The summed E-state index contributed by atoms with van der Waals surface area (Å²) in [6.07, 6.45) is -10.4. The molecule has 12 heteroatoms. The lowest BCUT2D eigenvalue weighted by Crippen LogP contribution is -2.37. The van der Waals surface area contributed by atoms with Crippen LogP contribution in [0.25, 0.3) is 0 Å². The van der Waals surface area contributed by atoms with Gasteiger partial charge in [-0.25, -0.2) is 4.90 Å². The smallest absolute Gasteiger partial charge is 0.491 e. The zero-order chi connectivity index (χ0) is 25.4. The number of hydrogen-bond acceptors (Lipinski definition) is 4. The van der Waals surface area contributed by atoms with Crippen molar-refractivity contribution in [3.8, 4) is 11.5 Å². The molecule has 0 fully saturated rings. The topological polar surface area (TPSA) is 30.9 Å². The summed E-state index contributed by atoms with van der Waals surface area (Å²) in [5, 5.41) is 0. The number of aryl methyl sites for hydroxylation is 2. The lowest BCUT2D eigenvalue weighted by atomic mass is 10.0. The maximum atomic E-state index is 12.7. The van der Waals surface area contributed by atoms with Gasteiger partial charge in [0, 0.05) is 6.54 Å². The summed E-state index contributed by atoms with van der Waals surface area (Å²) in [6, 6.07) is 12.0. The van der Waals surface area contributed by atoms with Gasteiger partial charge >= 0.3 is 19.3 Å². The van der Waals surface area contributed by atoms with Crippen LogP contribution in [0.15, 0.2) is 48.5 Å². The van der Waals surface area contributed by atoms with E-state index in [9.17, 15) is 35.1 Å². The lowest BCUT2D eigenvalue weighted by Gasteiger charge is -2.24. The number of alkyl halides is 8. The molecule has 2 aromatic rings. The van der Waals surface area contributed by atoms with Crippen molar-refractivity contribution in [2.45, 2.75) is 44.6 Å². The highest BCUT2D eigenvalue weighted by Crippen LogP contribution is 2.26. The molecule has 0 aromatic heterocycles. The molecule has 34 heavy (non-hydrogen) atoms. The molecule has 0 bridgehead atoms. The fourth-order valence-corrected chi connectivity index (χ4v) is 3.01. The Morgan fingerprint density at radius 2 is 1.62 bits per heavy atom. The molecule has 0 aliphatic rings. The highest BCUT2D eigenvalue weighted by atomic mass is 19.4. The summed E-state index contributed by atoms with van der Waals surface area (Å²) in [7, 11) is 0.796. The van der Waals surface area contributed by atoms with E-state index in [1.165, 1.54) is 18.2 Å². The molecule has 0 radical (unpaired) electrons. The molecule has 0 spiro atoms. The third-order valence-corrected chi connectivity index (χ3v) is 4.73. The summed E-state index contributed by atoms with van der Waals surface area (Å²) in [5.74, 6) is -0.0532. The second-order valence-electron chi connectivity index (χ2n) is 7.31. The number of nitrogens with zero attached hydrogens (tertiary/aromatic N) is 1. The molecule has 1 unspecified atom stereocenters. The van der Waals surface area contributed by atoms with Crippen LogP contribution in [0, 0.1) is 0 Å². The monoisotopic (exact) mass is 501 g/mol. The van der Waals surface area contributed by atoms with Crippen LogP contribution in [0.4, 0.5) is 35.1 Å². The molecule has 4 nitrogen and oxygen atoms in total. The van der Waals surface area contributed by atoms with Crippen molar-refractivity contribution in [2.24, 2.45) is 0 Å². The summed E-state index contributed by atoms with van der Waals surface area (Å²) in [6.45, 7) is -4.17. The summed E-state index contributed by atoms with van der Waals surface area (Å²) < 4.78 is 114. The Balaban J connectivity index is 2.00. The summed E-state index contributed by atoms with van der Waals surface area (Å²) in [4.78, 5) is 0.0550. The van der Waals surface area contributed by atoms with Gasteiger partial charge in [0.15, 0.2) is 0 Å². The molecule has 0 saturated heterocycles. The van der Waals surface area contributed by atoms with Crippen LogP contribution in [0.5, 0.6) is 11.5 Å². The zero-order valence-corrected chi connectivity index (χ0v) is 18.0. The Labute approximate surface area is 191 Å². The zero-order valence-electron chi connectivity index (χ0n) is 18.0. The lowest BCUT2D eigenvalue weighted by molar-refractivity contribution is -0.274. The van der Waals surface area contributed by atoms with Gasteiger partial charge in [-0.05, 0) is 55.6 Å². The highest BCUT2D eigenvalue weighted by molar-refractivity contribution is 5.35. The van der Waals surface area contributed by atoms with Crippen molar-refractivity contribution in [3.63, 3.8) is 0 Å². The van der Waals surface area contributed by atoms with Gasteiger partial charge in [0.2, 0.25) is 0 Å². The van der Waals surface area contributed by atoms with E-state index in [2.05, 4.69) is 9.47 Å². The third-order valence-electron chi connectivity index (χ3n) is 4.73. The summed E-state index contributed by atoms with van der Waals surface area (Å²) in [5.41, 5.74) is 1.19. The van der Waals surface area contributed by atoms with Crippen LogP contribution in [-0.4, -0.2) is 50.5 Å². The highest BCUT2D eigenvalue weighted by Gasteiger charge is 2.34. The van der Waals surface area contributed by atoms with E-state index >= 15 is 0 Å². The van der Waals surface area contributed by atoms with Gasteiger partial charge < -0.3 is 14.2 Å². The molecule has 0 saturated carbocycles. The molecule has 0 N–H and O–H groups in total. The van der Waals surface area contributed by atoms with Gasteiger partial charge in [-0.3, -0.25) is 0 Å². The maximum Gasteiger partial charge on any atom is 0.573 e. The Morgan fingerprint density at radius 1 is 0.912 bits per heavy atom. The average Bonchev–Trinajstić information content (AvgIpc) is 2.72. The number of hydrogen-bond donors (Lipinski definition) is 0. The first-order valence-electron chi connectivity index (χ1n) is 10.1. The number of ether oxygens (including phenoxy) is 3. The quantitative estimate of drug-likeness (QED) is 0.256. The predicted octanol–water partition coefficient (Wildman–Crippen LogP) is 6.20. The third kappa shape index (κ3) is 10.1. The fraction of sp³-hybridized carbons (Fsp3) is 0.455. The van der Waals surface area contributed by atoms with Crippen LogP contribution in [-0.2, 0) is 17.6 Å². The van der Waals surface area contributed by atoms with Crippen molar-refractivity contribution in [2.75, 3.05) is 20.2 Å². The predicted molar refractivity (Wildman–Crippen MR) is 107 cm³/mol. The molecule has 0 aliphatic heterocycles. The standard InChI is InChI=1S/C22H23F8NO3/c1-31(21(25,26)27)12-11-18(33-20(23)24)14-32-19-8-3-2-6-16(19)10-9-15-5-4-7-17(13-15)34-22(28,29)30/h2-8,13,18,20H,9-12,14H2,1H3. The van der Waals surface area contributed by atoms with Crippen molar-refractivity contribution >= 4 is 0 Å². The molecular weight excluding hydrogens is 478 g/mol. The molecule has 2 aromatic carbocycles. The maximum absolute atomic E-state index is 12.7. The van der Waals surface area contributed by atoms with E-state index in [0.717, 1.165) is 7.05 Å². The van der Waals surface area contributed by atoms with Gasteiger partial charge in [0.25, 0.3) is 0 Å². The van der Waals surface area contributed by atoms with E-state index in [-0.39, 0.29) is 17.1 Å². The number of benzene rings is 2. The van der Waals surface area contributed by atoms with E-state index in [0.29, 0.717) is 29.7 Å². The molecular formula is C22H23F8NO3. The molecule has 0 aliphatic carbocycles. The van der Waals surface area contributed by atoms with Crippen molar-refractivity contribution in [1.82, 2.24) is 4.90 Å². The molecule has 1 atom stereocenters. The van der Waals surface area contributed by atoms with Crippen molar-refractivity contribution in [3.05, 3.63) is 59.7 Å². The van der Waals surface area contributed by atoms with Crippen LogP contribution in [0.3, 0.4) is 0 Å². The molecule has 0 amide bonds. The molecule has 2 rings (SSSR count). The average molecular weight is 501 g/mol. The minimum atomic E-state index is -4.81. The van der Waals surface area contributed by atoms with Crippen LogP contribution >= 0.6 is 0 Å². The first-order valence-corrected chi connectivity index (χ1v) is 10.1. The fourth-order valence-electron chi connectivity index (χ4n) is 3.01. The largest absolute Gasteiger partial charge is 0.573 e. The van der Waals surface area contributed by atoms with Crippen molar-refractivity contribution < 1.29 is 49.3 Å². The Morgan fingerprint density at radius 3 is 2.26 bits per heavy atom. The SMILES string of the molecule is CN(CCC(COc1ccccc1CCc1cccc(OC(F)(F)F)c1)OC(F)F)C(F)(F)F. The van der Waals surface area contributed by atoms with Crippen LogP contribution in [0.2, 0.25) is 0 Å². The molecule has 190 valence electrons. The van der Waals surface area contributed by atoms with Gasteiger partial charge in [-0.1, -0.05) is 30.3 Å². The van der Waals surface area contributed by atoms with E-state index in [1.54, 1.807) is 30.3 Å². The van der Waals surface area contributed by atoms with E-state index in [4.69, 9.17) is 4.74 Å². The molecule has 0 heterocycles. The first-order chi connectivity index (χ1) is 15.8. The van der Waals surface area contributed by atoms with Gasteiger partial charge in [0.1, 0.15) is 18.1 Å². The minimum absolute atomic E-state index is 0.0550. The van der Waals surface area contributed by atoms with E-state index < -0.39 is 38.5 Å². The Hall–Kier alpha value is -2.60. The van der Waals surface area contributed by atoms with Gasteiger partial charge in [-0.2, -0.15) is 22.0 Å². The van der Waals surface area contributed by atoms with Crippen molar-refractivity contribution in [1.29, 1.82) is 0 Å². The minimum Gasteiger partial charge on any atom is -0.491 e. The normalized spacial score (nSPS) is 13.4. The Bertz CT molecular complexity index is 889. The second-order valence-corrected chi connectivity index (χ2v) is 7.31. The number of para-hydroxylation sites is 1. The number of rotatable bonds is 12. The number of halogens is 8.